The molecular weight excluding hydrogens is 903 g/mol. The van der Waals surface area contributed by atoms with Gasteiger partial charge in [0.1, 0.15) is 17.7 Å². The molecule has 0 aliphatic heterocycles. The lowest BCUT2D eigenvalue weighted by Crippen LogP contribution is -2.63. The predicted octanol–water partition coefficient (Wildman–Crippen LogP) is 5.89. The van der Waals surface area contributed by atoms with Gasteiger partial charge in [-0.3, -0.25) is 15.0 Å². The number of carbonyl (C=O) groups excluding carboxylic acids is 2. The molecule has 0 spiro atoms. The van der Waals surface area contributed by atoms with Crippen molar-refractivity contribution in [2.45, 2.75) is 83.8 Å². The number of carboxylic acid groups (broad SMARTS) is 1. The van der Waals surface area contributed by atoms with Crippen LogP contribution in [0.2, 0.25) is 0 Å². The van der Waals surface area contributed by atoms with Gasteiger partial charge in [-0.2, -0.15) is 40.2 Å². The van der Waals surface area contributed by atoms with Crippen LogP contribution in [-0.4, -0.2) is 86.0 Å². The minimum atomic E-state index is -5.22. The number of hydrazine groups is 1. The highest BCUT2D eigenvalue weighted by atomic mass is 127. The van der Waals surface area contributed by atoms with E-state index in [1.54, 1.807) is 12.1 Å². The van der Waals surface area contributed by atoms with Crippen LogP contribution in [0, 0.1) is 26.0 Å². The maximum Gasteiger partial charge on any atom is 0.405 e. The highest BCUT2D eigenvalue weighted by Gasteiger charge is 2.56. The van der Waals surface area contributed by atoms with Crippen LogP contribution in [0.3, 0.4) is 0 Å². The van der Waals surface area contributed by atoms with Crippen LogP contribution in [0.1, 0.15) is 45.4 Å². The van der Waals surface area contributed by atoms with E-state index < -0.39 is 102 Å². The van der Waals surface area contributed by atoms with Gasteiger partial charge in [-0.15, -0.1) is 0 Å². The van der Waals surface area contributed by atoms with Gasteiger partial charge in [0.05, 0.1) is 34.7 Å². The summed E-state index contributed by atoms with van der Waals surface area (Å²) in [5.74, 6) is -5.92. The molecule has 1 heterocycles. The highest BCUT2D eigenvalue weighted by molar-refractivity contribution is 14.1. The molecule has 0 aliphatic rings. The van der Waals surface area contributed by atoms with Crippen molar-refractivity contribution in [2.75, 3.05) is 6.54 Å². The summed E-state index contributed by atoms with van der Waals surface area (Å²) in [5.41, 5.74) is 0.567. The topological polar surface area (TPSA) is 175 Å². The molecule has 0 bridgehead atoms. The third-order valence-corrected chi connectivity index (χ3v) is 9.92. The first-order valence-electron chi connectivity index (χ1n) is 16.5. The molecule has 23 heteroatoms. The fourth-order valence-electron chi connectivity index (χ4n) is 5.21. The van der Waals surface area contributed by atoms with Crippen molar-refractivity contribution in [3.8, 4) is 11.3 Å². The van der Waals surface area contributed by atoms with Crippen molar-refractivity contribution in [2.24, 2.45) is 16.6 Å². The Morgan fingerprint density at radius 3 is 1.91 bits per heavy atom. The highest BCUT2D eigenvalue weighted by Crippen LogP contribution is 2.41. The lowest BCUT2D eigenvalue weighted by molar-refractivity contribution is -0.221. The number of halogens is 11. The van der Waals surface area contributed by atoms with Gasteiger partial charge in [0.15, 0.2) is 0 Å². The van der Waals surface area contributed by atoms with Crippen molar-refractivity contribution in [3.05, 3.63) is 75.0 Å². The molecule has 3 amide bonds. The zero-order chi connectivity index (χ0) is 43.4. The van der Waals surface area contributed by atoms with E-state index in [9.17, 15) is 59.7 Å². The Morgan fingerprint density at radius 2 is 1.44 bits per heavy atom. The van der Waals surface area contributed by atoms with Gasteiger partial charge in [-0.05, 0) is 92.6 Å². The molecule has 0 aliphatic carbocycles. The Morgan fingerprint density at radius 1 is 0.895 bits per heavy atom. The predicted molar refractivity (Wildman–Crippen MR) is 191 cm³/mol. The second-order valence-corrected chi connectivity index (χ2v) is 15.3. The number of benzene rings is 2. The van der Waals surface area contributed by atoms with Gasteiger partial charge in [-0.25, -0.2) is 23.3 Å². The van der Waals surface area contributed by atoms with Crippen molar-refractivity contribution in [1.82, 2.24) is 30.8 Å². The van der Waals surface area contributed by atoms with Crippen LogP contribution in [0.5, 0.6) is 0 Å². The Hall–Kier alpha value is -4.23. The fourth-order valence-corrected chi connectivity index (χ4v) is 5.57. The number of rotatable bonds is 16. The zero-order valence-electron chi connectivity index (χ0n) is 30.3. The number of hydrogen-bond acceptors (Lipinski definition) is 7. The van der Waals surface area contributed by atoms with Crippen molar-refractivity contribution >= 4 is 40.5 Å². The van der Waals surface area contributed by atoms with E-state index in [2.05, 4.69) is 10.4 Å². The largest absolute Gasteiger partial charge is 0.465 e. The number of aliphatic hydroxyl groups is 1. The Balaban J connectivity index is 2.09. The number of aliphatic hydroxyl groups excluding tert-OH is 1. The summed E-state index contributed by atoms with van der Waals surface area (Å²) in [5, 5.41) is 28.5. The van der Waals surface area contributed by atoms with Crippen LogP contribution in [0.25, 0.3) is 11.3 Å². The normalized spacial score (nSPS) is 14.9. The molecule has 1 aromatic heterocycles. The Bertz CT molecular complexity index is 1870. The fraction of sp³-hybridized carbons (Fsp3) is 0.471. The molecule has 0 radical (unpaired) electrons. The molecule has 316 valence electrons. The van der Waals surface area contributed by atoms with Crippen molar-refractivity contribution in [3.63, 3.8) is 0 Å². The third kappa shape index (κ3) is 11.7. The number of nitrogens with zero attached hydrogens (tertiary/aromatic N) is 3. The lowest BCUT2D eigenvalue weighted by Gasteiger charge is -2.37. The van der Waals surface area contributed by atoms with E-state index in [0.717, 1.165) is 15.8 Å². The minimum Gasteiger partial charge on any atom is -0.465 e. The zero-order valence-corrected chi connectivity index (χ0v) is 32.5. The Kier molecular flexibility index (Phi) is 15.0. The monoisotopic (exact) mass is 941 g/mol. The molecule has 57 heavy (non-hydrogen) atoms. The summed E-state index contributed by atoms with van der Waals surface area (Å²) in [6, 6.07) is 2.17. The summed E-state index contributed by atoms with van der Waals surface area (Å²) in [4.78, 5) is 38.2. The van der Waals surface area contributed by atoms with E-state index in [1.165, 1.54) is 17.4 Å². The lowest BCUT2D eigenvalue weighted by atomic mass is 9.83. The van der Waals surface area contributed by atoms with Gasteiger partial charge in [0.2, 0.25) is 5.91 Å². The number of hydrogen-bond donors (Lipinski definition) is 6. The smallest absolute Gasteiger partial charge is 0.405 e. The van der Waals surface area contributed by atoms with Crippen LogP contribution < -0.4 is 21.8 Å². The molecule has 4 atom stereocenters. The molecule has 3 aromatic rings. The second kappa shape index (κ2) is 18.1. The first-order chi connectivity index (χ1) is 26.1. The average molecular weight is 942 g/mol. The quantitative estimate of drug-likeness (QED) is 0.0586. The van der Waals surface area contributed by atoms with Gasteiger partial charge in [0.25, 0.3) is 5.91 Å². The number of amides is 3. The SMILES string of the molecule is CC(C)(C(N)C(=O)NC(Cc1ccc(I)cc1)C(O)CN(Cc1c(F)cc(-c2ccn(C(F)F)n2)cc1F)NC(=O)C(NC(=O)O)C(C)(C)C(F)(F)F)C(F)(F)F. The maximum atomic E-state index is 15.6. The Labute approximate surface area is 332 Å². The van der Waals surface area contributed by atoms with Crippen LogP contribution in [-0.2, 0) is 22.6 Å². The van der Waals surface area contributed by atoms with E-state index in [-0.39, 0.29) is 22.4 Å². The van der Waals surface area contributed by atoms with Gasteiger partial charge in [0, 0.05) is 34.0 Å². The van der Waals surface area contributed by atoms with E-state index in [4.69, 9.17) is 5.73 Å². The van der Waals surface area contributed by atoms with Gasteiger partial charge < -0.3 is 26.6 Å². The summed E-state index contributed by atoms with van der Waals surface area (Å²) >= 11 is 1.97. The second-order valence-electron chi connectivity index (χ2n) is 14.0. The first-order valence-corrected chi connectivity index (χ1v) is 17.6. The van der Waals surface area contributed by atoms with Crippen LogP contribution in [0.15, 0.2) is 48.7 Å². The van der Waals surface area contributed by atoms with Crippen LogP contribution >= 0.6 is 22.6 Å². The number of nitrogens with two attached hydrogens (primary N) is 1. The molecule has 7 N–H and O–H groups in total. The first kappa shape index (κ1) is 47.1. The standard InChI is InChI=1S/C34H38F10IN7O5/c1-31(2,33(39,40)41)25(46)27(54)47-23(11-16-5-7-18(45)8-6-16)24(53)15-51(50-28(55)26(48-30(56)57)32(3,4)34(42,43)44)14-19-20(35)12-17(13-21(19)36)22-9-10-52(49-22)29(37)38/h5-10,12-13,23-26,29,48,53H,11,14-15,46H2,1-4H3,(H,47,54)(H,50,55)(H,56,57). The molecule has 0 fully saturated rings. The molecule has 4 unspecified atom stereocenters. The van der Waals surface area contributed by atoms with E-state index in [1.807, 2.05) is 28.0 Å². The van der Waals surface area contributed by atoms with E-state index in [0.29, 0.717) is 50.4 Å². The van der Waals surface area contributed by atoms with Gasteiger partial charge in [-0.1, -0.05) is 12.1 Å². The average Bonchev–Trinajstić information content (AvgIpc) is 3.59. The maximum absolute atomic E-state index is 15.6. The van der Waals surface area contributed by atoms with Crippen molar-refractivity contribution in [1.29, 1.82) is 0 Å². The summed E-state index contributed by atoms with van der Waals surface area (Å²) < 4.78 is 142. The molecule has 3 rings (SSSR count). The summed E-state index contributed by atoms with van der Waals surface area (Å²) in [7, 11) is 0. The van der Waals surface area contributed by atoms with E-state index >= 15 is 8.78 Å². The minimum absolute atomic E-state index is 0.199. The molecular formula is C34H38F10IN7O5. The number of carbonyl (C=O) groups is 3. The summed E-state index contributed by atoms with van der Waals surface area (Å²) in [6.07, 6.45) is -13.8. The van der Waals surface area contributed by atoms with Gasteiger partial charge >= 0.3 is 25.0 Å². The third-order valence-electron chi connectivity index (χ3n) is 9.20. The molecule has 12 nitrogen and oxygen atoms in total. The molecule has 0 saturated carbocycles. The number of alkyl halides is 8. The number of nitrogens with one attached hydrogen (secondary N) is 3. The summed E-state index contributed by atoms with van der Waals surface area (Å²) in [6.45, 7) is -2.96. The molecule has 2 aromatic carbocycles. The molecule has 0 saturated heterocycles. The van der Waals surface area contributed by atoms with Crippen molar-refractivity contribution < 1.29 is 68.5 Å². The number of aromatic nitrogens is 2. The van der Waals surface area contributed by atoms with Crippen LogP contribution in [0.4, 0.5) is 48.7 Å².